The summed E-state index contributed by atoms with van der Waals surface area (Å²) >= 11 is 0. The molecule has 0 atom stereocenters. The molecular formula is C60H30F51N. The lowest BCUT2D eigenvalue weighted by Crippen LogP contribution is -2.74. The molecule has 1 N–H and O–H groups in total. The molecular weight excluding hydrogens is 1700 g/mol. The van der Waals surface area contributed by atoms with Crippen LogP contribution in [0.1, 0.15) is 36.0 Å². The highest BCUT2D eigenvalue weighted by Gasteiger charge is 2.99. The largest absolute Gasteiger partial charge is 0.460 e. The summed E-state index contributed by atoms with van der Waals surface area (Å²) in [6.07, 6.45) is -40.3. The first-order valence-electron chi connectivity index (χ1n) is 28.9. The van der Waals surface area contributed by atoms with E-state index in [0.717, 1.165) is 36.4 Å². The van der Waals surface area contributed by atoms with Crippen LogP contribution in [-0.2, 0) is 19.3 Å². The first-order valence-corrected chi connectivity index (χ1v) is 28.9. The second-order valence-corrected chi connectivity index (χ2v) is 24.2. The zero-order valence-corrected chi connectivity index (χ0v) is 52.3. The van der Waals surface area contributed by atoms with Crippen LogP contribution >= 0.6 is 0 Å². The SMILES string of the molecule is FC(F)(F)C(F)(F)C(F)(F)C(F)(F)C(F)(F)C(F)(F)C(F)(F)C(F)(F)CCc1ccc(Nc2ccc(CCC(F)(F)C(F)(F)C(F)(F)C(F)(F)C(F)(F)C(F)(F)C(F)(F)C(F)(F)F)c3c(-c4ccc(CCC(F)(F)C(F)(F)C(F)(F)C(F)(F)C(F)(F)C(F)(F)C(F)(F)C(F)(F)F)c5ccccc45)cccc23)c2ccccc12. The van der Waals surface area contributed by atoms with Gasteiger partial charge in [-0.1, -0.05) is 91.0 Å². The van der Waals surface area contributed by atoms with Gasteiger partial charge < -0.3 is 5.32 Å². The number of hydrogen-bond acceptors (Lipinski definition) is 1. The van der Waals surface area contributed by atoms with Crippen LogP contribution in [0.3, 0.4) is 0 Å². The van der Waals surface area contributed by atoms with Crippen molar-refractivity contribution in [3.63, 3.8) is 0 Å². The fourth-order valence-electron chi connectivity index (χ4n) is 10.6. The molecule has 0 saturated heterocycles. The molecule has 0 aliphatic heterocycles. The first kappa shape index (κ1) is 93.2. The lowest BCUT2D eigenvalue weighted by Gasteiger charge is -2.42. The maximum Gasteiger partial charge on any atom is 0.460 e. The number of hydrogen-bond donors (Lipinski definition) is 1. The molecule has 6 rings (SSSR count). The molecule has 0 radical (unpaired) electrons. The van der Waals surface area contributed by atoms with Gasteiger partial charge >= 0.3 is 143 Å². The number of anilines is 2. The Bertz CT molecular complexity index is 4430. The lowest BCUT2D eigenvalue weighted by molar-refractivity contribution is -0.461. The van der Waals surface area contributed by atoms with Crippen molar-refractivity contribution in [3.05, 3.63) is 120 Å². The van der Waals surface area contributed by atoms with E-state index in [2.05, 4.69) is 5.32 Å². The summed E-state index contributed by atoms with van der Waals surface area (Å²) in [5.41, 5.74) is -6.18. The molecule has 0 bridgehead atoms. The molecule has 6 aromatic carbocycles. The molecule has 0 aliphatic rings. The summed E-state index contributed by atoms with van der Waals surface area (Å²) in [4.78, 5) is 0. The van der Waals surface area contributed by atoms with Gasteiger partial charge in [0, 0.05) is 41.4 Å². The Morgan fingerprint density at radius 1 is 0.179 bits per heavy atom. The zero-order valence-electron chi connectivity index (χ0n) is 52.3. The summed E-state index contributed by atoms with van der Waals surface area (Å²) in [5.74, 6) is -180. The molecule has 112 heavy (non-hydrogen) atoms. The molecule has 0 heterocycles. The van der Waals surface area contributed by atoms with E-state index in [-0.39, 0.29) is 0 Å². The van der Waals surface area contributed by atoms with Gasteiger partial charge in [0.15, 0.2) is 0 Å². The number of halogens is 51. The zero-order chi connectivity index (χ0) is 87.5. The van der Waals surface area contributed by atoms with Gasteiger partial charge in [0.1, 0.15) is 0 Å². The molecule has 0 spiro atoms. The van der Waals surface area contributed by atoms with E-state index in [0.29, 0.717) is 66.7 Å². The van der Waals surface area contributed by atoms with Crippen molar-refractivity contribution in [2.45, 2.75) is 181 Å². The molecule has 0 saturated carbocycles. The highest BCUT2D eigenvalue weighted by atomic mass is 19.5. The van der Waals surface area contributed by atoms with Gasteiger partial charge in [0.25, 0.3) is 0 Å². The fraction of sp³-hybridized carbons (Fsp3) is 0.500. The highest BCUT2D eigenvalue weighted by Crippen LogP contribution is 2.69. The molecule has 52 heteroatoms. The van der Waals surface area contributed by atoms with E-state index in [1.807, 2.05) is 0 Å². The van der Waals surface area contributed by atoms with Crippen molar-refractivity contribution in [3.8, 4) is 11.1 Å². The number of alkyl halides is 51. The van der Waals surface area contributed by atoms with Crippen molar-refractivity contribution in [1.82, 2.24) is 0 Å². The van der Waals surface area contributed by atoms with Crippen LogP contribution in [-0.4, -0.2) is 143 Å². The van der Waals surface area contributed by atoms with E-state index in [1.165, 1.54) is 0 Å². The fourth-order valence-corrected chi connectivity index (χ4v) is 10.6. The van der Waals surface area contributed by atoms with Crippen molar-refractivity contribution in [2.75, 3.05) is 5.32 Å². The minimum atomic E-state index is -9.15. The van der Waals surface area contributed by atoms with Crippen LogP contribution < -0.4 is 5.32 Å². The number of benzene rings is 6. The molecule has 6 aromatic rings. The Labute approximate surface area is 585 Å². The van der Waals surface area contributed by atoms with Crippen molar-refractivity contribution >= 4 is 43.7 Å². The minimum Gasteiger partial charge on any atom is -0.355 e. The van der Waals surface area contributed by atoms with Gasteiger partial charge in [-0.2, -0.15) is 224 Å². The van der Waals surface area contributed by atoms with Crippen molar-refractivity contribution in [2.24, 2.45) is 0 Å². The Morgan fingerprint density at radius 2 is 0.402 bits per heavy atom. The number of aryl methyl sites for hydroxylation is 3. The predicted octanol–water partition coefficient (Wildman–Crippen LogP) is 26.4. The van der Waals surface area contributed by atoms with Crippen LogP contribution in [0.25, 0.3) is 43.4 Å². The molecule has 632 valence electrons. The predicted molar refractivity (Wildman–Crippen MR) is 281 cm³/mol. The molecule has 1 nitrogen and oxygen atoms in total. The van der Waals surface area contributed by atoms with Crippen LogP contribution in [0, 0.1) is 0 Å². The van der Waals surface area contributed by atoms with Crippen LogP contribution in [0.4, 0.5) is 235 Å². The standard InChI is InChI=1S/C60H30F51N/c61-37(62,40(67,68)43(73,74)46(79,80)49(85,86)52(91,92)55(97,98)58(103,104)105)21-18-24-12-15-30(29-8-3-1-6-27(24)29)32-10-5-11-33-35(17-14-26(36(32)33)20-23-39(65,66)42(71,72)45(77,78)48(83,84)51(89,90)54(95,96)57(101,102)60(109,110)111)112-34-16-13-25(28-7-2-4-9-31(28)34)19-22-38(63,64)41(69,70)44(75,76)47(81,82)50(87,88)53(93,94)56(99,100)59(106,107)108/h1-17,112H,18-23H2. The van der Waals surface area contributed by atoms with Gasteiger partial charge in [0.05, 0.1) is 0 Å². The van der Waals surface area contributed by atoms with Gasteiger partial charge in [0.2, 0.25) is 0 Å². The average molecular weight is 1730 g/mol. The summed E-state index contributed by atoms with van der Waals surface area (Å²) < 4.78 is 723. The van der Waals surface area contributed by atoms with Crippen molar-refractivity contribution in [1.29, 1.82) is 0 Å². The third-order valence-corrected chi connectivity index (χ3v) is 17.2. The monoisotopic (exact) mass is 1730 g/mol. The summed E-state index contributed by atoms with van der Waals surface area (Å²) in [6.45, 7) is 0. The molecule has 0 unspecified atom stereocenters. The first-order chi connectivity index (χ1) is 49.4. The van der Waals surface area contributed by atoms with E-state index >= 15 is 52.7 Å². The minimum absolute atomic E-state index is 0.303. The summed E-state index contributed by atoms with van der Waals surface area (Å²) in [7, 11) is 0. The maximum absolute atomic E-state index is 15.7. The number of fused-ring (bicyclic) bond motifs is 3. The summed E-state index contributed by atoms with van der Waals surface area (Å²) in [6, 6.07) is 10.7. The second-order valence-electron chi connectivity index (χ2n) is 24.2. The van der Waals surface area contributed by atoms with Crippen LogP contribution in [0.15, 0.2) is 103 Å². The topological polar surface area (TPSA) is 12.0 Å². The van der Waals surface area contributed by atoms with Crippen LogP contribution in [0.2, 0.25) is 0 Å². The molecule has 0 fully saturated rings. The van der Waals surface area contributed by atoms with Crippen LogP contribution in [0.5, 0.6) is 0 Å². The van der Waals surface area contributed by atoms with Gasteiger partial charge in [-0.05, 0) is 80.8 Å². The van der Waals surface area contributed by atoms with Gasteiger partial charge in [-0.15, -0.1) is 0 Å². The van der Waals surface area contributed by atoms with E-state index in [9.17, 15) is 171 Å². The van der Waals surface area contributed by atoms with E-state index in [1.54, 1.807) is 0 Å². The van der Waals surface area contributed by atoms with E-state index < -0.39 is 253 Å². The Morgan fingerprint density at radius 3 is 0.705 bits per heavy atom. The normalized spacial score (nSPS) is 15.7. The quantitative estimate of drug-likeness (QED) is 0.0443. The van der Waals surface area contributed by atoms with E-state index in [4.69, 9.17) is 0 Å². The molecule has 0 aliphatic carbocycles. The Hall–Kier alpha value is -7.67. The average Bonchev–Trinajstić information content (AvgIpc) is 0.702. The molecule has 0 aromatic heterocycles. The number of rotatable bonds is 30. The summed E-state index contributed by atoms with van der Waals surface area (Å²) in [5, 5.41) is -2.24. The third-order valence-electron chi connectivity index (χ3n) is 17.2. The van der Waals surface area contributed by atoms with Gasteiger partial charge in [-0.25, -0.2) is 0 Å². The molecule has 0 amide bonds. The van der Waals surface area contributed by atoms with Gasteiger partial charge in [-0.3, -0.25) is 0 Å². The van der Waals surface area contributed by atoms with Crippen molar-refractivity contribution < 1.29 is 224 Å². The smallest absolute Gasteiger partial charge is 0.355 e. The maximum atomic E-state index is 15.7. The number of nitrogens with one attached hydrogen (secondary N) is 1. The Kier molecular flexibility index (Phi) is 22.7. The Balaban J connectivity index is 1.51. The third kappa shape index (κ3) is 13.2. The second kappa shape index (κ2) is 27.2. The highest BCUT2D eigenvalue weighted by molar-refractivity contribution is 6.11. The lowest BCUT2D eigenvalue weighted by atomic mass is 9.85.